The van der Waals surface area contributed by atoms with Crippen molar-refractivity contribution in [1.29, 1.82) is 0 Å². The third kappa shape index (κ3) is 2.89. The van der Waals surface area contributed by atoms with Gasteiger partial charge in [-0.2, -0.15) is 0 Å². The normalized spacial score (nSPS) is 15.4. The predicted molar refractivity (Wildman–Crippen MR) is 63.6 cm³/mol. The maximum absolute atomic E-state index is 5.68. The van der Waals surface area contributed by atoms with Crippen LogP contribution in [0.5, 0.6) is 0 Å². The molecule has 0 fully saturated rings. The van der Waals surface area contributed by atoms with Gasteiger partial charge in [0.1, 0.15) is 0 Å². The number of rotatable bonds is 4. The van der Waals surface area contributed by atoms with Crippen molar-refractivity contribution in [3.8, 4) is 0 Å². The topological polar surface area (TPSA) is 18.5 Å². The van der Waals surface area contributed by atoms with Crippen molar-refractivity contribution in [3.63, 3.8) is 0 Å². The van der Waals surface area contributed by atoms with Crippen molar-refractivity contribution in [2.75, 3.05) is 7.11 Å². The largest absolute Gasteiger partial charge is 0.329 e. The first-order valence-corrected chi connectivity index (χ1v) is 7.12. The highest BCUT2D eigenvalue weighted by Crippen LogP contribution is 2.47. The summed E-state index contributed by atoms with van der Waals surface area (Å²) in [6.45, 7) is 1.65. The van der Waals surface area contributed by atoms with Crippen LogP contribution >= 0.6 is 6.49 Å². The molecule has 0 radical (unpaired) electrons. The lowest BCUT2D eigenvalue weighted by Crippen LogP contribution is -2.12. The lowest BCUT2D eigenvalue weighted by atomic mass is 10.4. The van der Waals surface area contributed by atoms with E-state index in [1.54, 1.807) is 7.11 Å². The highest BCUT2D eigenvalue weighted by molar-refractivity contribution is 8.13. The zero-order valence-corrected chi connectivity index (χ0v) is 10.3. The lowest BCUT2D eigenvalue weighted by molar-refractivity contribution is 0.229. The molecule has 0 N–H and O–H groups in total. The van der Waals surface area contributed by atoms with Crippen molar-refractivity contribution in [2.24, 2.45) is 0 Å². The van der Waals surface area contributed by atoms with Gasteiger partial charge < -0.3 is 9.05 Å². The van der Waals surface area contributed by atoms with Gasteiger partial charge in [-0.1, -0.05) is 18.2 Å². The second kappa shape index (κ2) is 5.04. The Balaban J connectivity index is 2.97. The molecule has 0 spiro atoms. The molecule has 0 aliphatic heterocycles. The third-order valence-corrected chi connectivity index (χ3v) is 5.11. The van der Waals surface area contributed by atoms with Gasteiger partial charge in [0, 0.05) is 12.4 Å². The minimum Gasteiger partial charge on any atom is -0.329 e. The minimum atomic E-state index is -2.28. The number of benzene rings is 1. The fourth-order valence-electron chi connectivity index (χ4n) is 1.10. The quantitative estimate of drug-likeness (QED) is 0.741. The van der Waals surface area contributed by atoms with E-state index in [1.165, 1.54) is 0 Å². The van der Waals surface area contributed by atoms with Crippen molar-refractivity contribution < 1.29 is 9.05 Å². The summed E-state index contributed by atoms with van der Waals surface area (Å²) in [5.74, 6) is 0. The Morgan fingerprint density at radius 1 is 1.21 bits per heavy atom. The van der Waals surface area contributed by atoms with Gasteiger partial charge in [-0.15, -0.1) is 0 Å². The molecule has 78 valence electrons. The first kappa shape index (κ1) is 11.9. The summed E-state index contributed by atoms with van der Waals surface area (Å²) in [5, 5.41) is 0.964. The molecule has 0 aliphatic rings. The van der Waals surface area contributed by atoms with Gasteiger partial charge in [0.05, 0.1) is 6.10 Å². The van der Waals surface area contributed by atoms with Crippen molar-refractivity contribution in [3.05, 3.63) is 30.3 Å². The van der Waals surface area contributed by atoms with Crippen LogP contribution in [0.25, 0.3) is 0 Å². The second-order valence-electron chi connectivity index (χ2n) is 3.17. The molecule has 4 heteroatoms. The van der Waals surface area contributed by atoms with Gasteiger partial charge in [-0.3, -0.25) is 0 Å². The van der Waals surface area contributed by atoms with E-state index >= 15 is 0 Å². The molecular formula is C10H15O2PS. The van der Waals surface area contributed by atoms with E-state index in [0.717, 1.165) is 5.30 Å². The van der Waals surface area contributed by atoms with Gasteiger partial charge >= 0.3 is 0 Å². The van der Waals surface area contributed by atoms with Gasteiger partial charge in [0.25, 0.3) is 0 Å². The molecule has 1 unspecified atom stereocenters. The molecule has 0 bridgehead atoms. The van der Waals surface area contributed by atoms with E-state index in [2.05, 4.69) is 0 Å². The van der Waals surface area contributed by atoms with Crippen LogP contribution in [-0.4, -0.2) is 13.2 Å². The Bertz CT molecular complexity index is 324. The van der Waals surface area contributed by atoms with Gasteiger partial charge in [-0.25, -0.2) is 0 Å². The molecule has 14 heavy (non-hydrogen) atoms. The third-order valence-electron chi connectivity index (χ3n) is 1.66. The Morgan fingerprint density at radius 3 is 2.21 bits per heavy atom. The zero-order chi connectivity index (χ0) is 10.6. The first-order chi connectivity index (χ1) is 6.58. The summed E-state index contributed by atoms with van der Waals surface area (Å²) in [5.41, 5.74) is 0. The number of hydrogen-bond donors (Lipinski definition) is 0. The van der Waals surface area contributed by atoms with Gasteiger partial charge in [0.15, 0.2) is 0 Å². The van der Waals surface area contributed by atoms with Crippen LogP contribution in [0.3, 0.4) is 0 Å². The SMILES string of the molecule is COP(=S)(OC(C)C)c1ccccc1. The van der Waals surface area contributed by atoms with Crippen LogP contribution in [0.4, 0.5) is 0 Å². The van der Waals surface area contributed by atoms with E-state index < -0.39 is 6.49 Å². The molecular weight excluding hydrogens is 215 g/mol. The van der Waals surface area contributed by atoms with E-state index in [9.17, 15) is 0 Å². The molecule has 0 amide bonds. The van der Waals surface area contributed by atoms with Crippen LogP contribution < -0.4 is 5.30 Å². The van der Waals surface area contributed by atoms with E-state index in [1.807, 2.05) is 44.2 Å². The van der Waals surface area contributed by atoms with E-state index in [0.29, 0.717) is 0 Å². The second-order valence-corrected chi connectivity index (χ2v) is 6.70. The fourth-order valence-corrected chi connectivity index (χ4v) is 3.49. The number of hydrogen-bond acceptors (Lipinski definition) is 3. The molecule has 0 saturated carbocycles. The summed E-state index contributed by atoms with van der Waals surface area (Å²) in [6, 6.07) is 9.74. The maximum Gasteiger partial charge on any atom is 0.219 e. The van der Waals surface area contributed by atoms with Crippen LogP contribution in [0.1, 0.15) is 13.8 Å². The van der Waals surface area contributed by atoms with Crippen LogP contribution in [0.2, 0.25) is 0 Å². The fraction of sp³-hybridized carbons (Fsp3) is 0.400. The summed E-state index contributed by atoms with van der Waals surface area (Å²) in [4.78, 5) is 0. The minimum absolute atomic E-state index is 0.0842. The smallest absolute Gasteiger partial charge is 0.219 e. The summed E-state index contributed by atoms with van der Waals surface area (Å²) in [7, 11) is 1.61. The molecule has 1 aromatic carbocycles. The standard InChI is InChI=1S/C10H15O2PS/c1-9(2)12-13(14,11-3)10-7-5-4-6-8-10/h4-9H,1-3H3. The first-order valence-electron chi connectivity index (χ1n) is 4.48. The molecule has 1 aromatic rings. The molecule has 1 atom stereocenters. The summed E-state index contributed by atoms with van der Waals surface area (Å²) in [6.07, 6.45) is 0.0842. The Labute approximate surface area is 90.4 Å². The zero-order valence-electron chi connectivity index (χ0n) is 8.64. The predicted octanol–water partition coefficient (Wildman–Crippen LogP) is 2.69. The van der Waals surface area contributed by atoms with E-state index in [-0.39, 0.29) is 6.10 Å². The van der Waals surface area contributed by atoms with Gasteiger partial charge in [0.2, 0.25) is 6.49 Å². The maximum atomic E-state index is 5.68. The molecule has 0 aromatic heterocycles. The molecule has 1 rings (SSSR count). The summed E-state index contributed by atoms with van der Waals surface area (Å²) < 4.78 is 11.0. The van der Waals surface area contributed by atoms with Gasteiger partial charge in [-0.05, 0) is 37.8 Å². The van der Waals surface area contributed by atoms with Crippen molar-refractivity contribution in [2.45, 2.75) is 20.0 Å². The lowest BCUT2D eigenvalue weighted by Gasteiger charge is -2.22. The van der Waals surface area contributed by atoms with Crippen molar-refractivity contribution >= 4 is 23.6 Å². The average Bonchev–Trinajstić information content (AvgIpc) is 2.18. The Hall–Kier alpha value is -0.210. The molecule has 0 heterocycles. The van der Waals surface area contributed by atoms with E-state index in [4.69, 9.17) is 20.9 Å². The van der Waals surface area contributed by atoms with Crippen LogP contribution in [-0.2, 0) is 20.9 Å². The molecule has 2 nitrogen and oxygen atoms in total. The highest BCUT2D eigenvalue weighted by atomic mass is 32.5. The van der Waals surface area contributed by atoms with Crippen LogP contribution in [0, 0.1) is 0 Å². The van der Waals surface area contributed by atoms with Crippen molar-refractivity contribution in [1.82, 2.24) is 0 Å². The highest BCUT2D eigenvalue weighted by Gasteiger charge is 2.21. The van der Waals surface area contributed by atoms with Crippen LogP contribution in [0.15, 0.2) is 30.3 Å². The average molecular weight is 230 g/mol. The monoisotopic (exact) mass is 230 g/mol. The Kier molecular flexibility index (Phi) is 4.27. The summed E-state index contributed by atoms with van der Waals surface area (Å²) >= 11 is 5.41. The molecule has 0 saturated heterocycles. The molecule has 0 aliphatic carbocycles. The Morgan fingerprint density at radius 2 is 1.79 bits per heavy atom.